The van der Waals surface area contributed by atoms with Crippen LogP contribution in [0.3, 0.4) is 0 Å². The van der Waals surface area contributed by atoms with E-state index in [0.29, 0.717) is 22.2 Å². The molecule has 1 heterocycles. The maximum atomic E-state index is 11.6. The van der Waals surface area contributed by atoms with Crippen LogP contribution >= 0.6 is 0 Å². The molecule has 0 radical (unpaired) electrons. The highest BCUT2D eigenvalue weighted by molar-refractivity contribution is 5.97. The van der Waals surface area contributed by atoms with Crippen LogP contribution in [0.15, 0.2) is 18.2 Å². The Kier molecular flexibility index (Phi) is 1.98. The lowest BCUT2D eigenvalue weighted by molar-refractivity contribution is 0.0600. The highest BCUT2D eigenvalue weighted by Crippen LogP contribution is 2.29. The van der Waals surface area contributed by atoms with Crippen LogP contribution < -0.4 is 4.74 Å². The monoisotopic (exact) mass is 236 g/mol. The zero-order chi connectivity index (χ0) is 15.1. The summed E-state index contributed by atoms with van der Waals surface area (Å²) in [7, 11) is 4.42. The number of hydrogen-bond donors (Lipinski definition) is 0. The molecule has 0 fully saturated rings. The van der Waals surface area contributed by atoms with E-state index in [9.17, 15) is 4.79 Å². The molecule has 0 aliphatic heterocycles. The molecule has 17 heavy (non-hydrogen) atoms. The highest BCUT2D eigenvalue weighted by atomic mass is 16.5. The van der Waals surface area contributed by atoms with E-state index in [1.54, 1.807) is 17.7 Å². The van der Waals surface area contributed by atoms with Gasteiger partial charge in [0, 0.05) is 22.2 Å². The number of hydrogen-bond acceptors (Lipinski definition) is 3. The number of carbonyl (C=O) groups excluding carboxylic acids is 1. The number of fused-ring (bicyclic) bond motifs is 1. The van der Waals surface area contributed by atoms with Crippen LogP contribution in [0.25, 0.3) is 10.9 Å². The standard InChI is InChI=1S/C13H15NO3/c1-8-5-9-6-10(13(15)17-4)7-11(16-3)12(9)14(8)2/h5-7H,1-4H3/i1D3. The number of aryl methyl sites for hydroxylation is 2. The van der Waals surface area contributed by atoms with Crippen molar-refractivity contribution in [1.82, 2.24) is 4.57 Å². The molecule has 0 unspecified atom stereocenters. The fourth-order valence-corrected chi connectivity index (χ4v) is 1.85. The van der Waals surface area contributed by atoms with Crippen LogP contribution in [0.1, 0.15) is 20.2 Å². The lowest BCUT2D eigenvalue weighted by Crippen LogP contribution is -2.02. The second-order valence-corrected chi connectivity index (χ2v) is 3.70. The fraction of sp³-hybridized carbons (Fsp3) is 0.308. The molecule has 0 atom stereocenters. The molecular formula is C13H15NO3. The molecule has 0 N–H and O–H groups in total. The first-order valence-corrected chi connectivity index (χ1v) is 5.06. The van der Waals surface area contributed by atoms with Gasteiger partial charge in [0.05, 0.1) is 25.3 Å². The van der Waals surface area contributed by atoms with Crippen molar-refractivity contribution >= 4 is 16.9 Å². The van der Waals surface area contributed by atoms with E-state index in [1.807, 2.05) is 0 Å². The predicted molar refractivity (Wildman–Crippen MR) is 65.5 cm³/mol. The first-order chi connectivity index (χ1) is 9.29. The Morgan fingerprint density at radius 2 is 2.12 bits per heavy atom. The minimum atomic E-state index is -2.23. The van der Waals surface area contributed by atoms with Crippen LogP contribution in [-0.2, 0) is 11.8 Å². The Morgan fingerprint density at radius 3 is 2.71 bits per heavy atom. The van der Waals surface area contributed by atoms with Gasteiger partial charge in [0.2, 0.25) is 0 Å². The summed E-state index contributed by atoms with van der Waals surface area (Å²) < 4.78 is 34.1. The Labute approximate surface area is 104 Å². The predicted octanol–water partition coefficient (Wildman–Crippen LogP) is 2.28. The quantitative estimate of drug-likeness (QED) is 0.751. The molecule has 0 saturated carbocycles. The first kappa shape index (κ1) is 8.17. The molecule has 1 aromatic carbocycles. The number of carbonyl (C=O) groups is 1. The SMILES string of the molecule is [2H]C([2H])([2H])c1cc2cc(C(=O)OC)cc(OC)c2n1C. The maximum Gasteiger partial charge on any atom is 0.338 e. The van der Waals surface area contributed by atoms with Gasteiger partial charge in [0.25, 0.3) is 0 Å². The van der Waals surface area contributed by atoms with E-state index in [0.717, 1.165) is 0 Å². The first-order valence-electron chi connectivity index (χ1n) is 6.56. The molecule has 4 heteroatoms. The van der Waals surface area contributed by atoms with Crippen molar-refractivity contribution in [3.05, 3.63) is 29.5 Å². The van der Waals surface area contributed by atoms with E-state index in [2.05, 4.69) is 4.74 Å². The molecule has 0 saturated heterocycles. The van der Waals surface area contributed by atoms with Gasteiger partial charge in [-0.1, -0.05) is 0 Å². The van der Waals surface area contributed by atoms with Crippen LogP contribution in [0.4, 0.5) is 0 Å². The summed E-state index contributed by atoms with van der Waals surface area (Å²) >= 11 is 0. The van der Waals surface area contributed by atoms with Crippen LogP contribution in [0.2, 0.25) is 0 Å². The van der Waals surface area contributed by atoms with Crippen LogP contribution in [-0.4, -0.2) is 24.8 Å². The van der Waals surface area contributed by atoms with Gasteiger partial charge < -0.3 is 14.0 Å². The summed E-state index contributed by atoms with van der Waals surface area (Å²) in [5.74, 6) is -0.0645. The number of aromatic nitrogens is 1. The molecule has 0 spiro atoms. The van der Waals surface area contributed by atoms with Crippen LogP contribution in [0.5, 0.6) is 5.75 Å². The van der Waals surface area contributed by atoms with Crippen molar-refractivity contribution < 1.29 is 18.4 Å². The lowest BCUT2D eigenvalue weighted by atomic mass is 10.1. The number of nitrogens with zero attached hydrogens (tertiary/aromatic N) is 1. The molecule has 4 nitrogen and oxygen atoms in total. The zero-order valence-corrected chi connectivity index (χ0v) is 9.90. The van der Waals surface area contributed by atoms with E-state index in [4.69, 9.17) is 8.85 Å². The molecule has 0 amide bonds. The fourth-order valence-electron chi connectivity index (χ4n) is 1.85. The third kappa shape index (κ3) is 1.75. The number of benzene rings is 1. The molecule has 2 rings (SSSR count). The van der Waals surface area contributed by atoms with Gasteiger partial charge in [-0.2, -0.15) is 0 Å². The Balaban J connectivity index is 2.77. The van der Waals surface area contributed by atoms with Gasteiger partial charge in [-0.25, -0.2) is 4.79 Å². The smallest absolute Gasteiger partial charge is 0.338 e. The molecule has 90 valence electrons. The number of methoxy groups -OCH3 is 2. The van der Waals surface area contributed by atoms with Gasteiger partial charge in [-0.15, -0.1) is 0 Å². The molecule has 0 aliphatic rings. The van der Waals surface area contributed by atoms with Gasteiger partial charge in [-0.05, 0) is 25.1 Å². The third-order valence-electron chi connectivity index (χ3n) is 2.73. The second kappa shape index (κ2) is 4.13. The summed E-state index contributed by atoms with van der Waals surface area (Å²) in [4.78, 5) is 11.6. The Hall–Kier alpha value is -1.97. The molecule has 1 aromatic heterocycles. The van der Waals surface area contributed by atoms with Crippen molar-refractivity contribution in [2.24, 2.45) is 7.05 Å². The highest BCUT2D eigenvalue weighted by Gasteiger charge is 2.14. The number of esters is 1. The normalized spacial score (nSPS) is 13.9. The van der Waals surface area contributed by atoms with Gasteiger partial charge >= 0.3 is 5.97 Å². The topological polar surface area (TPSA) is 40.5 Å². The molecule has 0 bridgehead atoms. The van der Waals surface area contributed by atoms with E-state index in [1.165, 1.54) is 26.4 Å². The van der Waals surface area contributed by atoms with Crippen molar-refractivity contribution in [3.8, 4) is 5.75 Å². The lowest BCUT2D eigenvalue weighted by Gasteiger charge is -2.08. The molecule has 0 aliphatic carbocycles. The van der Waals surface area contributed by atoms with Crippen LogP contribution in [0, 0.1) is 6.85 Å². The zero-order valence-electron chi connectivity index (χ0n) is 12.9. The van der Waals surface area contributed by atoms with Crippen molar-refractivity contribution in [1.29, 1.82) is 0 Å². The average molecular weight is 236 g/mol. The van der Waals surface area contributed by atoms with E-state index >= 15 is 0 Å². The largest absolute Gasteiger partial charge is 0.495 e. The molecular weight excluding hydrogens is 218 g/mol. The Bertz CT molecular complexity index is 674. The summed E-state index contributed by atoms with van der Waals surface area (Å²) in [5.41, 5.74) is 1.14. The summed E-state index contributed by atoms with van der Waals surface area (Å²) in [5, 5.41) is 0.623. The second-order valence-electron chi connectivity index (χ2n) is 3.70. The van der Waals surface area contributed by atoms with Crippen molar-refractivity contribution in [2.45, 2.75) is 6.85 Å². The number of rotatable bonds is 2. The third-order valence-corrected chi connectivity index (χ3v) is 2.73. The number of ether oxygens (including phenoxy) is 2. The van der Waals surface area contributed by atoms with E-state index in [-0.39, 0.29) is 5.69 Å². The summed E-state index contributed by atoms with van der Waals surface area (Å²) in [6.45, 7) is -2.23. The Morgan fingerprint density at radius 1 is 1.35 bits per heavy atom. The van der Waals surface area contributed by atoms with Crippen molar-refractivity contribution in [3.63, 3.8) is 0 Å². The van der Waals surface area contributed by atoms with E-state index < -0.39 is 12.8 Å². The summed E-state index contributed by atoms with van der Waals surface area (Å²) in [6.07, 6.45) is 0. The maximum absolute atomic E-state index is 11.6. The summed E-state index contributed by atoms with van der Waals surface area (Å²) in [6, 6.07) is 4.67. The van der Waals surface area contributed by atoms with Crippen molar-refractivity contribution in [2.75, 3.05) is 14.2 Å². The van der Waals surface area contributed by atoms with Gasteiger partial charge in [0.1, 0.15) is 5.75 Å². The van der Waals surface area contributed by atoms with Gasteiger partial charge in [-0.3, -0.25) is 0 Å². The average Bonchev–Trinajstić information content (AvgIpc) is 2.74. The minimum absolute atomic E-state index is 0.188. The van der Waals surface area contributed by atoms with Gasteiger partial charge in [0.15, 0.2) is 0 Å². The minimum Gasteiger partial charge on any atom is -0.495 e. The molecule has 2 aromatic rings.